The van der Waals surface area contributed by atoms with Crippen LogP contribution in [0.25, 0.3) is 0 Å². The monoisotopic (exact) mass is 444 g/mol. The molecule has 1 saturated heterocycles. The summed E-state index contributed by atoms with van der Waals surface area (Å²) in [6.07, 6.45) is 3.27. The van der Waals surface area contributed by atoms with Crippen LogP contribution in [-0.4, -0.2) is 36.5 Å². The highest BCUT2D eigenvalue weighted by Crippen LogP contribution is 2.24. The van der Waals surface area contributed by atoms with Crippen LogP contribution in [0.1, 0.15) is 36.8 Å². The number of rotatable bonds is 8. The second-order valence-corrected chi connectivity index (χ2v) is 8.28. The number of aryl methyl sites for hydroxylation is 1. The molecule has 0 spiro atoms. The van der Waals surface area contributed by atoms with E-state index in [0.29, 0.717) is 19.1 Å². The normalized spacial score (nSPS) is 15.4. The first-order valence-corrected chi connectivity index (χ1v) is 10.8. The highest BCUT2D eigenvalue weighted by Gasteiger charge is 2.20. The molecule has 0 aromatic heterocycles. The van der Waals surface area contributed by atoms with Crippen molar-refractivity contribution in [3.8, 4) is 5.75 Å². The molecule has 5 heteroatoms. The van der Waals surface area contributed by atoms with Crippen molar-refractivity contribution in [1.29, 1.82) is 0 Å². The lowest BCUT2D eigenvalue weighted by molar-refractivity contribution is -0.122. The summed E-state index contributed by atoms with van der Waals surface area (Å²) in [6, 6.07) is 16.6. The molecule has 0 saturated carbocycles. The Hall–Kier alpha value is -1.85. The lowest BCUT2D eigenvalue weighted by Crippen LogP contribution is -2.44. The van der Waals surface area contributed by atoms with Crippen molar-refractivity contribution in [2.45, 2.75) is 45.2 Å². The fourth-order valence-corrected chi connectivity index (χ4v) is 3.94. The maximum Gasteiger partial charge on any atom is 0.220 e. The summed E-state index contributed by atoms with van der Waals surface area (Å²) < 4.78 is 6.67. The number of benzene rings is 2. The van der Waals surface area contributed by atoms with Gasteiger partial charge in [0, 0.05) is 32.1 Å². The Balaban J connectivity index is 1.31. The zero-order valence-corrected chi connectivity index (χ0v) is 18.1. The molecule has 28 heavy (non-hydrogen) atoms. The molecular weight excluding hydrogens is 416 g/mol. The summed E-state index contributed by atoms with van der Waals surface area (Å²) in [5, 5.41) is 3.19. The molecule has 1 N–H and O–H groups in total. The summed E-state index contributed by atoms with van der Waals surface area (Å²) in [4.78, 5) is 14.7. The number of carbonyl (C=O) groups is 1. The Kier molecular flexibility index (Phi) is 7.92. The largest absolute Gasteiger partial charge is 0.492 e. The Morgan fingerprint density at radius 3 is 2.61 bits per heavy atom. The molecule has 1 heterocycles. The average molecular weight is 445 g/mol. The number of nitrogens with zero attached hydrogens (tertiary/aromatic N) is 1. The minimum atomic E-state index is 0.132. The Morgan fingerprint density at radius 2 is 1.86 bits per heavy atom. The zero-order chi connectivity index (χ0) is 19.8. The van der Waals surface area contributed by atoms with Gasteiger partial charge >= 0.3 is 0 Å². The molecule has 4 nitrogen and oxygen atoms in total. The van der Waals surface area contributed by atoms with Gasteiger partial charge in [-0.1, -0.05) is 36.4 Å². The van der Waals surface area contributed by atoms with Crippen LogP contribution in [0, 0.1) is 6.92 Å². The average Bonchev–Trinajstić information content (AvgIpc) is 2.70. The van der Waals surface area contributed by atoms with Crippen molar-refractivity contribution in [2.24, 2.45) is 0 Å². The van der Waals surface area contributed by atoms with E-state index in [1.807, 2.05) is 24.3 Å². The van der Waals surface area contributed by atoms with Gasteiger partial charge in [-0.3, -0.25) is 9.69 Å². The first-order valence-electron chi connectivity index (χ1n) is 10.1. The molecule has 3 rings (SSSR count). The Bertz CT molecular complexity index is 773. The molecule has 1 aliphatic heterocycles. The molecule has 2 aromatic rings. The first kappa shape index (κ1) is 20.9. The van der Waals surface area contributed by atoms with E-state index in [-0.39, 0.29) is 5.91 Å². The van der Waals surface area contributed by atoms with Crippen LogP contribution in [-0.2, 0) is 11.3 Å². The number of para-hydroxylation sites is 1. The Morgan fingerprint density at radius 1 is 1.14 bits per heavy atom. The zero-order valence-electron chi connectivity index (χ0n) is 16.5. The van der Waals surface area contributed by atoms with Gasteiger partial charge in [-0.25, -0.2) is 0 Å². The SMILES string of the molecule is Cc1ccccc1CN1CCC(NC(=O)CCCOc2ccccc2Br)CC1. The van der Waals surface area contributed by atoms with Crippen LogP contribution in [0.3, 0.4) is 0 Å². The van der Waals surface area contributed by atoms with Crippen LogP contribution in [0.15, 0.2) is 53.0 Å². The van der Waals surface area contributed by atoms with Crippen molar-refractivity contribution >= 4 is 21.8 Å². The molecule has 0 unspecified atom stereocenters. The third-order valence-electron chi connectivity index (χ3n) is 5.25. The van der Waals surface area contributed by atoms with Crippen LogP contribution < -0.4 is 10.1 Å². The van der Waals surface area contributed by atoms with Gasteiger partial charge in [-0.15, -0.1) is 0 Å². The predicted molar refractivity (Wildman–Crippen MR) is 116 cm³/mol. The number of hydrogen-bond donors (Lipinski definition) is 1. The van der Waals surface area contributed by atoms with Gasteiger partial charge in [0.2, 0.25) is 5.91 Å². The molecule has 0 aliphatic carbocycles. The van der Waals surface area contributed by atoms with E-state index in [0.717, 1.165) is 49.1 Å². The second kappa shape index (κ2) is 10.6. The lowest BCUT2D eigenvalue weighted by atomic mass is 10.0. The lowest BCUT2D eigenvalue weighted by Gasteiger charge is -2.32. The molecule has 150 valence electrons. The maximum atomic E-state index is 12.2. The first-order chi connectivity index (χ1) is 13.6. The molecule has 0 radical (unpaired) electrons. The molecule has 1 amide bonds. The minimum absolute atomic E-state index is 0.132. The van der Waals surface area contributed by atoms with Crippen LogP contribution >= 0.6 is 15.9 Å². The number of likely N-dealkylation sites (tertiary alicyclic amines) is 1. The standard InChI is InChI=1S/C23H29BrN2O2/c1-18-7-2-3-8-19(18)17-26-14-12-20(13-15-26)25-23(27)11-6-16-28-22-10-5-4-9-21(22)24/h2-5,7-10,20H,6,11-17H2,1H3,(H,25,27). The summed E-state index contributed by atoms with van der Waals surface area (Å²) in [6.45, 7) is 5.78. The summed E-state index contributed by atoms with van der Waals surface area (Å²) >= 11 is 3.46. The second-order valence-electron chi connectivity index (χ2n) is 7.43. The molecule has 1 fully saturated rings. The van der Waals surface area contributed by atoms with Crippen molar-refractivity contribution in [2.75, 3.05) is 19.7 Å². The van der Waals surface area contributed by atoms with E-state index in [2.05, 4.69) is 57.3 Å². The quantitative estimate of drug-likeness (QED) is 0.599. The van der Waals surface area contributed by atoms with E-state index in [9.17, 15) is 4.79 Å². The molecule has 1 aliphatic rings. The van der Waals surface area contributed by atoms with Crippen molar-refractivity contribution in [3.63, 3.8) is 0 Å². The minimum Gasteiger partial charge on any atom is -0.492 e. The van der Waals surface area contributed by atoms with Crippen LogP contribution in [0.5, 0.6) is 5.75 Å². The number of carbonyl (C=O) groups excluding carboxylic acids is 1. The predicted octanol–water partition coefficient (Wildman–Crippen LogP) is 4.70. The highest BCUT2D eigenvalue weighted by atomic mass is 79.9. The van der Waals surface area contributed by atoms with Crippen LogP contribution in [0.4, 0.5) is 0 Å². The topological polar surface area (TPSA) is 41.6 Å². The summed E-state index contributed by atoms with van der Waals surface area (Å²) in [5.41, 5.74) is 2.75. The fourth-order valence-electron chi connectivity index (χ4n) is 3.54. The number of amides is 1. The van der Waals surface area contributed by atoms with Gasteiger partial charge in [0.25, 0.3) is 0 Å². The van der Waals surface area contributed by atoms with Gasteiger partial charge in [-0.05, 0) is 65.4 Å². The maximum absolute atomic E-state index is 12.2. The van der Waals surface area contributed by atoms with Crippen molar-refractivity contribution < 1.29 is 9.53 Å². The van der Waals surface area contributed by atoms with E-state index in [1.54, 1.807) is 0 Å². The number of hydrogen-bond acceptors (Lipinski definition) is 3. The molecular formula is C23H29BrN2O2. The van der Waals surface area contributed by atoms with Crippen molar-refractivity contribution in [1.82, 2.24) is 10.2 Å². The Labute approximate surface area is 176 Å². The van der Waals surface area contributed by atoms with Crippen LogP contribution in [0.2, 0.25) is 0 Å². The van der Waals surface area contributed by atoms with Crippen molar-refractivity contribution in [3.05, 3.63) is 64.1 Å². The third-order valence-corrected chi connectivity index (χ3v) is 5.91. The number of piperidine rings is 1. The van der Waals surface area contributed by atoms with E-state index in [4.69, 9.17) is 4.74 Å². The molecule has 0 bridgehead atoms. The van der Waals surface area contributed by atoms with Gasteiger partial charge < -0.3 is 10.1 Å². The van der Waals surface area contributed by atoms with E-state index >= 15 is 0 Å². The fraction of sp³-hybridized carbons (Fsp3) is 0.435. The third kappa shape index (κ3) is 6.35. The summed E-state index contributed by atoms with van der Waals surface area (Å²) in [5.74, 6) is 0.956. The van der Waals surface area contributed by atoms with Gasteiger partial charge in [0.15, 0.2) is 0 Å². The van der Waals surface area contributed by atoms with E-state index in [1.165, 1.54) is 11.1 Å². The number of ether oxygens (including phenoxy) is 1. The molecule has 0 atom stereocenters. The van der Waals surface area contributed by atoms with Gasteiger partial charge in [0.1, 0.15) is 5.75 Å². The van der Waals surface area contributed by atoms with Gasteiger partial charge in [-0.2, -0.15) is 0 Å². The van der Waals surface area contributed by atoms with Gasteiger partial charge in [0.05, 0.1) is 11.1 Å². The number of halogens is 1. The number of nitrogens with one attached hydrogen (secondary N) is 1. The smallest absolute Gasteiger partial charge is 0.220 e. The summed E-state index contributed by atoms with van der Waals surface area (Å²) in [7, 11) is 0. The molecule has 2 aromatic carbocycles. The van der Waals surface area contributed by atoms with E-state index < -0.39 is 0 Å². The highest BCUT2D eigenvalue weighted by molar-refractivity contribution is 9.10.